The average molecular weight is 199 g/mol. The molecule has 1 rings (SSSR count). The summed E-state index contributed by atoms with van der Waals surface area (Å²) in [5, 5.41) is 8.56. The summed E-state index contributed by atoms with van der Waals surface area (Å²) in [5.41, 5.74) is 0. The highest BCUT2D eigenvalue weighted by Gasteiger charge is 2.26. The van der Waals surface area contributed by atoms with Gasteiger partial charge in [-0.05, 0) is 6.42 Å². The van der Waals surface area contributed by atoms with E-state index in [-0.39, 0.29) is 23.8 Å². The van der Waals surface area contributed by atoms with E-state index in [9.17, 15) is 9.59 Å². The number of carbonyl (C=O) groups is 2. The summed E-state index contributed by atoms with van der Waals surface area (Å²) < 4.78 is 0. The molecule has 5 nitrogen and oxygen atoms in total. The molecule has 0 bridgehead atoms. The number of piperidine rings is 1. The molecule has 1 aliphatic heterocycles. The van der Waals surface area contributed by atoms with Gasteiger partial charge in [0.2, 0.25) is 11.8 Å². The van der Waals surface area contributed by atoms with Crippen LogP contribution in [0.1, 0.15) is 13.3 Å². The third kappa shape index (κ3) is 2.99. The molecule has 0 saturated carbocycles. The lowest BCUT2D eigenvalue weighted by Crippen LogP contribution is -2.51. The molecule has 1 aliphatic rings. The number of carbonyl (C=O) groups excluding carboxylic acids is 2. The molecular weight excluding hydrogens is 182 g/mol. The first-order valence-corrected chi connectivity index (χ1v) is 4.83. The Morgan fingerprint density at radius 2 is 2.07 bits per heavy atom. The Balaban J connectivity index is 2.43. The molecule has 2 unspecified atom stereocenters. The molecule has 1 saturated heterocycles. The van der Waals surface area contributed by atoms with Crippen molar-refractivity contribution in [3.05, 3.63) is 0 Å². The Kier molecular flexibility index (Phi) is 3.88. The van der Waals surface area contributed by atoms with Crippen LogP contribution in [-0.4, -0.2) is 38.0 Å². The van der Waals surface area contributed by atoms with E-state index in [4.69, 9.17) is 0 Å². The maximum Gasteiger partial charge on any atom is 0.224 e. The Labute approximate surface area is 83.6 Å². The van der Waals surface area contributed by atoms with Crippen LogP contribution >= 0.6 is 0 Å². The molecule has 0 aromatic carbocycles. The lowest BCUT2D eigenvalue weighted by atomic mass is 9.95. The molecular formula is C9H17N3O2. The summed E-state index contributed by atoms with van der Waals surface area (Å²) in [6.45, 7) is 2.92. The summed E-state index contributed by atoms with van der Waals surface area (Å²) in [5.74, 6) is -0.0486. The fourth-order valence-corrected chi connectivity index (χ4v) is 1.74. The molecule has 2 atom stereocenters. The third-order valence-corrected chi connectivity index (χ3v) is 2.38. The fourth-order valence-electron chi connectivity index (χ4n) is 1.74. The smallest absolute Gasteiger partial charge is 0.224 e. The van der Waals surface area contributed by atoms with Crippen LogP contribution in [0.3, 0.4) is 0 Å². The van der Waals surface area contributed by atoms with Crippen molar-refractivity contribution in [1.29, 1.82) is 0 Å². The van der Waals surface area contributed by atoms with Crippen LogP contribution in [0, 0.1) is 5.92 Å². The van der Waals surface area contributed by atoms with Crippen LogP contribution in [-0.2, 0) is 9.59 Å². The van der Waals surface area contributed by atoms with Crippen molar-refractivity contribution in [3.8, 4) is 0 Å². The van der Waals surface area contributed by atoms with Crippen molar-refractivity contribution >= 4 is 11.8 Å². The lowest BCUT2D eigenvalue weighted by Gasteiger charge is -2.29. The standard InChI is InChI=1S/C9H17N3O2/c1-6(13)12-8-3-7(4-11-5-8)9(14)10-2/h7-8,11H,3-5H2,1-2H3,(H,10,14)(H,12,13). The van der Waals surface area contributed by atoms with Gasteiger partial charge in [-0.15, -0.1) is 0 Å². The maximum atomic E-state index is 11.3. The van der Waals surface area contributed by atoms with Gasteiger partial charge < -0.3 is 16.0 Å². The summed E-state index contributed by atoms with van der Waals surface area (Å²) in [6, 6.07) is 0.0727. The molecule has 3 N–H and O–H groups in total. The molecule has 1 fully saturated rings. The van der Waals surface area contributed by atoms with E-state index in [2.05, 4.69) is 16.0 Å². The highest BCUT2D eigenvalue weighted by atomic mass is 16.2. The SMILES string of the molecule is CNC(=O)C1CNCC(NC(C)=O)C1. The molecule has 0 aliphatic carbocycles. The quantitative estimate of drug-likeness (QED) is 0.526. The van der Waals surface area contributed by atoms with Crippen molar-refractivity contribution in [1.82, 2.24) is 16.0 Å². The zero-order chi connectivity index (χ0) is 10.6. The van der Waals surface area contributed by atoms with Crippen LogP contribution in [0.2, 0.25) is 0 Å². The first-order valence-electron chi connectivity index (χ1n) is 4.83. The van der Waals surface area contributed by atoms with E-state index < -0.39 is 0 Å². The van der Waals surface area contributed by atoms with E-state index in [1.807, 2.05) is 0 Å². The molecule has 1 heterocycles. The number of rotatable bonds is 2. The first-order chi connectivity index (χ1) is 6.63. The Morgan fingerprint density at radius 3 is 2.64 bits per heavy atom. The van der Waals surface area contributed by atoms with Crippen molar-refractivity contribution in [3.63, 3.8) is 0 Å². The minimum absolute atomic E-state index is 0.0348. The maximum absolute atomic E-state index is 11.3. The van der Waals surface area contributed by atoms with E-state index in [1.165, 1.54) is 6.92 Å². The molecule has 0 spiro atoms. The van der Waals surface area contributed by atoms with E-state index in [0.29, 0.717) is 13.0 Å². The van der Waals surface area contributed by atoms with E-state index in [1.54, 1.807) is 7.05 Å². The van der Waals surface area contributed by atoms with Gasteiger partial charge in [-0.3, -0.25) is 9.59 Å². The van der Waals surface area contributed by atoms with Gasteiger partial charge in [0.1, 0.15) is 0 Å². The number of hydrogen-bond acceptors (Lipinski definition) is 3. The van der Waals surface area contributed by atoms with Crippen LogP contribution in [0.15, 0.2) is 0 Å². The highest BCUT2D eigenvalue weighted by Crippen LogP contribution is 2.10. The second kappa shape index (κ2) is 4.95. The van der Waals surface area contributed by atoms with Crippen LogP contribution in [0.25, 0.3) is 0 Å². The Hall–Kier alpha value is -1.10. The molecule has 0 aromatic heterocycles. The van der Waals surface area contributed by atoms with Crippen LogP contribution in [0.4, 0.5) is 0 Å². The highest BCUT2D eigenvalue weighted by molar-refractivity contribution is 5.79. The van der Waals surface area contributed by atoms with Gasteiger partial charge in [-0.25, -0.2) is 0 Å². The van der Waals surface area contributed by atoms with Gasteiger partial charge in [0.25, 0.3) is 0 Å². The zero-order valence-electron chi connectivity index (χ0n) is 8.59. The van der Waals surface area contributed by atoms with E-state index in [0.717, 1.165) is 6.54 Å². The molecule has 5 heteroatoms. The van der Waals surface area contributed by atoms with Gasteiger partial charge in [-0.2, -0.15) is 0 Å². The monoisotopic (exact) mass is 199 g/mol. The number of nitrogens with one attached hydrogen (secondary N) is 3. The number of amides is 2. The minimum Gasteiger partial charge on any atom is -0.359 e. The van der Waals surface area contributed by atoms with Crippen LogP contribution in [0.5, 0.6) is 0 Å². The lowest BCUT2D eigenvalue weighted by molar-refractivity contribution is -0.126. The van der Waals surface area contributed by atoms with Gasteiger partial charge in [0, 0.05) is 33.1 Å². The summed E-state index contributed by atoms with van der Waals surface area (Å²) in [6.07, 6.45) is 0.715. The first kappa shape index (κ1) is 11.0. The molecule has 2 amide bonds. The van der Waals surface area contributed by atoms with Crippen molar-refractivity contribution in [2.75, 3.05) is 20.1 Å². The Morgan fingerprint density at radius 1 is 1.36 bits per heavy atom. The number of hydrogen-bond donors (Lipinski definition) is 3. The molecule has 0 aromatic rings. The van der Waals surface area contributed by atoms with Gasteiger partial charge in [0.15, 0.2) is 0 Å². The normalized spacial score (nSPS) is 26.7. The molecule has 0 radical (unpaired) electrons. The Bertz CT molecular complexity index is 230. The van der Waals surface area contributed by atoms with E-state index >= 15 is 0 Å². The molecule has 80 valence electrons. The van der Waals surface area contributed by atoms with Crippen LogP contribution < -0.4 is 16.0 Å². The third-order valence-electron chi connectivity index (χ3n) is 2.38. The summed E-state index contributed by atoms with van der Waals surface area (Å²) >= 11 is 0. The fraction of sp³-hybridized carbons (Fsp3) is 0.778. The molecule has 14 heavy (non-hydrogen) atoms. The van der Waals surface area contributed by atoms with Gasteiger partial charge in [0.05, 0.1) is 5.92 Å². The van der Waals surface area contributed by atoms with Gasteiger partial charge in [-0.1, -0.05) is 0 Å². The summed E-state index contributed by atoms with van der Waals surface area (Å²) in [4.78, 5) is 22.2. The average Bonchev–Trinajstić information content (AvgIpc) is 2.16. The summed E-state index contributed by atoms with van der Waals surface area (Å²) in [7, 11) is 1.63. The van der Waals surface area contributed by atoms with Gasteiger partial charge >= 0.3 is 0 Å². The van der Waals surface area contributed by atoms with Crippen molar-refractivity contribution < 1.29 is 9.59 Å². The topological polar surface area (TPSA) is 70.2 Å². The zero-order valence-corrected chi connectivity index (χ0v) is 8.59. The predicted molar refractivity (Wildman–Crippen MR) is 52.6 cm³/mol. The second-order valence-electron chi connectivity index (χ2n) is 3.60. The van der Waals surface area contributed by atoms with Crippen molar-refractivity contribution in [2.24, 2.45) is 5.92 Å². The largest absolute Gasteiger partial charge is 0.359 e. The predicted octanol–water partition coefficient (Wildman–Crippen LogP) is -1.15. The minimum atomic E-state index is -0.0469. The second-order valence-corrected chi connectivity index (χ2v) is 3.60. The van der Waals surface area contributed by atoms with Crippen molar-refractivity contribution in [2.45, 2.75) is 19.4 Å².